The molecule has 0 aromatic heterocycles. The van der Waals surface area contributed by atoms with Crippen LogP contribution in [0.3, 0.4) is 0 Å². The second-order valence-corrected chi connectivity index (χ2v) is 9.42. The first-order valence-corrected chi connectivity index (χ1v) is 13.3. The van der Waals surface area contributed by atoms with Crippen molar-refractivity contribution in [2.75, 3.05) is 9.80 Å². The lowest BCUT2D eigenvalue weighted by Crippen LogP contribution is -2.29. The van der Waals surface area contributed by atoms with Crippen molar-refractivity contribution < 1.29 is 4.74 Å². The van der Waals surface area contributed by atoms with Crippen LogP contribution in [0.2, 0.25) is 0 Å². The Morgan fingerprint density at radius 2 is 0.897 bits per heavy atom. The Morgan fingerprint density at radius 1 is 0.462 bits per heavy atom. The van der Waals surface area contributed by atoms with E-state index in [0.29, 0.717) is 0 Å². The predicted molar refractivity (Wildman–Crippen MR) is 163 cm³/mol. The molecule has 0 saturated carbocycles. The van der Waals surface area contributed by atoms with E-state index in [1.54, 1.807) is 0 Å². The largest absolute Gasteiger partial charge is 0.457 e. The van der Waals surface area contributed by atoms with Gasteiger partial charge in [-0.1, -0.05) is 78.9 Å². The average Bonchev–Trinajstić information content (AvgIpc) is 3.01. The Balaban J connectivity index is 1.22. The van der Waals surface area contributed by atoms with Gasteiger partial charge in [0.05, 0.1) is 6.04 Å². The molecule has 1 aliphatic rings. The zero-order valence-corrected chi connectivity index (χ0v) is 21.7. The monoisotopic (exact) mass is 506 g/mol. The highest BCUT2D eigenvalue weighted by atomic mass is 16.5. The van der Waals surface area contributed by atoms with Crippen LogP contribution >= 0.6 is 0 Å². The number of hydrogen-bond donors (Lipinski definition) is 0. The third kappa shape index (κ3) is 5.63. The van der Waals surface area contributed by atoms with Crippen LogP contribution < -0.4 is 14.5 Å². The number of hydrogen-bond acceptors (Lipinski definition) is 3. The molecule has 0 amide bonds. The summed E-state index contributed by atoms with van der Waals surface area (Å²) < 4.78 is 6.25. The van der Waals surface area contributed by atoms with Gasteiger partial charge >= 0.3 is 0 Å². The van der Waals surface area contributed by atoms with Gasteiger partial charge in [-0.3, -0.25) is 0 Å². The Hall–Kier alpha value is -5.02. The Bertz CT molecular complexity index is 1490. The van der Waals surface area contributed by atoms with Gasteiger partial charge < -0.3 is 14.5 Å². The molecule has 39 heavy (non-hydrogen) atoms. The summed E-state index contributed by atoms with van der Waals surface area (Å²) in [5.41, 5.74) is 5.60. The van der Waals surface area contributed by atoms with E-state index in [1.165, 1.54) is 5.69 Å². The molecule has 6 rings (SSSR count). The van der Waals surface area contributed by atoms with E-state index < -0.39 is 0 Å². The molecule has 0 N–H and O–H groups in total. The van der Waals surface area contributed by atoms with Crippen LogP contribution in [0.25, 0.3) is 0 Å². The second-order valence-electron chi connectivity index (χ2n) is 9.42. The van der Waals surface area contributed by atoms with Gasteiger partial charge in [-0.2, -0.15) is 0 Å². The van der Waals surface area contributed by atoms with Crippen molar-refractivity contribution in [1.82, 2.24) is 0 Å². The summed E-state index contributed by atoms with van der Waals surface area (Å²) in [5, 5.41) is 0. The van der Waals surface area contributed by atoms with E-state index in [9.17, 15) is 0 Å². The highest BCUT2D eigenvalue weighted by Gasteiger charge is 2.19. The first kappa shape index (κ1) is 24.3. The minimum Gasteiger partial charge on any atom is -0.457 e. The molecule has 0 fully saturated rings. The summed E-state index contributed by atoms with van der Waals surface area (Å²) in [5.74, 6) is 1.61. The van der Waals surface area contributed by atoms with Crippen molar-refractivity contribution in [3.8, 4) is 11.5 Å². The second kappa shape index (κ2) is 11.6. The number of allylic oxidation sites excluding steroid dienone is 2. The fraction of sp³-hybridized carbons (Fsp3) is 0.0556. The fourth-order valence-electron chi connectivity index (χ4n) is 4.96. The third-order valence-electron chi connectivity index (χ3n) is 6.80. The molecular weight excluding hydrogens is 476 g/mol. The number of para-hydroxylation sites is 3. The molecule has 0 bridgehead atoms. The number of ether oxygens (including phenoxy) is 1. The van der Waals surface area contributed by atoms with E-state index >= 15 is 0 Å². The van der Waals surface area contributed by atoms with Crippen LogP contribution in [0.1, 0.15) is 6.42 Å². The molecule has 1 unspecified atom stereocenters. The maximum Gasteiger partial charge on any atom is 0.127 e. The fourth-order valence-corrected chi connectivity index (χ4v) is 4.96. The maximum absolute atomic E-state index is 6.25. The number of anilines is 5. The van der Waals surface area contributed by atoms with Gasteiger partial charge in [-0.15, -0.1) is 0 Å². The standard InChI is InChI=1S/C36H30N2O/c1-5-13-29(14-6-1)37(30-15-7-2-8-16-30)33-21-25-35(26-22-33)39-36-27-23-34(24-28-36)38(31-17-9-3-10-18-31)32-19-11-4-12-20-32/h1-19,21-28,32H,20H2. The van der Waals surface area contributed by atoms with Crippen molar-refractivity contribution in [3.05, 3.63) is 164 Å². The molecule has 1 atom stereocenters. The molecule has 190 valence electrons. The van der Waals surface area contributed by atoms with E-state index in [-0.39, 0.29) is 6.04 Å². The summed E-state index contributed by atoms with van der Waals surface area (Å²) in [7, 11) is 0. The topological polar surface area (TPSA) is 15.7 Å². The molecule has 0 aliphatic heterocycles. The Morgan fingerprint density at radius 3 is 1.38 bits per heavy atom. The summed E-state index contributed by atoms with van der Waals surface area (Å²) in [4.78, 5) is 4.62. The highest BCUT2D eigenvalue weighted by molar-refractivity contribution is 5.76. The summed E-state index contributed by atoms with van der Waals surface area (Å²) in [6, 6.07) is 48.2. The summed E-state index contributed by atoms with van der Waals surface area (Å²) >= 11 is 0. The first-order chi connectivity index (χ1) is 19.3. The average molecular weight is 507 g/mol. The maximum atomic E-state index is 6.25. The van der Waals surface area contributed by atoms with Gasteiger partial charge in [0.25, 0.3) is 0 Å². The van der Waals surface area contributed by atoms with E-state index in [4.69, 9.17) is 4.74 Å². The van der Waals surface area contributed by atoms with E-state index in [0.717, 1.165) is 40.7 Å². The van der Waals surface area contributed by atoms with Gasteiger partial charge in [0.2, 0.25) is 0 Å². The van der Waals surface area contributed by atoms with Gasteiger partial charge in [0.15, 0.2) is 0 Å². The summed E-state index contributed by atoms with van der Waals surface area (Å²) in [6.45, 7) is 0. The van der Waals surface area contributed by atoms with Crippen molar-refractivity contribution in [2.24, 2.45) is 0 Å². The number of nitrogens with zero attached hydrogens (tertiary/aromatic N) is 2. The molecule has 0 saturated heterocycles. The van der Waals surface area contributed by atoms with Crippen LogP contribution in [0, 0.1) is 0 Å². The van der Waals surface area contributed by atoms with Crippen molar-refractivity contribution in [3.63, 3.8) is 0 Å². The first-order valence-electron chi connectivity index (χ1n) is 13.3. The van der Waals surface area contributed by atoms with Gasteiger partial charge in [-0.05, 0) is 91.3 Å². The molecule has 5 aromatic rings. The lowest BCUT2D eigenvalue weighted by Gasteiger charge is -2.32. The number of benzene rings is 5. The quantitative estimate of drug-likeness (QED) is 0.208. The molecule has 3 nitrogen and oxygen atoms in total. The lowest BCUT2D eigenvalue weighted by molar-refractivity contribution is 0.482. The van der Waals surface area contributed by atoms with Crippen molar-refractivity contribution in [1.29, 1.82) is 0 Å². The van der Waals surface area contributed by atoms with Crippen LogP contribution in [0.5, 0.6) is 11.5 Å². The van der Waals surface area contributed by atoms with Crippen LogP contribution in [-0.4, -0.2) is 6.04 Å². The van der Waals surface area contributed by atoms with Crippen LogP contribution in [-0.2, 0) is 0 Å². The Kier molecular flexibility index (Phi) is 7.22. The van der Waals surface area contributed by atoms with Crippen molar-refractivity contribution in [2.45, 2.75) is 12.5 Å². The zero-order chi connectivity index (χ0) is 26.3. The highest BCUT2D eigenvalue weighted by Crippen LogP contribution is 2.36. The van der Waals surface area contributed by atoms with Crippen LogP contribution in [0.15, 0.2) is 164 Å². The SMILES string of the molecule is C1=CCC(N(c2ccccc2)c2ccc(Oc3ccc(N(c4ccccc4)c4ccccc4)cc3)cc2)C=C1. The van der Waals surface area contributed by atoms with Gasteiger partial charge in [-0.25, -0.2) is 0 Å². The predicted octanol–water partition coefficient (Wildman–Crippen LogP) is 9.97. The van der Waals surface area contributed by atoms with Gasteiger partial charge in [0.1, 0.15) is 11.5 Å². The normalized spacial score (nSPS) is 14.1. The molecule has 5 aromatic carbocycles. The molecule has 0 radical (unpaired) electrons. The Labute approximate surface area is 230 Å². The van der Waals surface area contributed by atoms with Crippen molar-refractivity contribution >= 4 is 28.4 Å². The third-order valence-corrected chi connectivity index (χ3v) is 6.80. The molecule has 3 heteroatoms. The van der Waals surface area contributed by atoms with E-state index in [1.807, 2.05) is 36.4 Å². The minimum absolute atomic E-state index is 0.272. The molecule has 1 aliphatic carbocycles. The minimum atomic E-state index is 0.272. The zero-order valence-electron chi connectivity index (χ0n) is 21.7. The van der Waals surface area contributed by atoms with Crippen LogP contribution in [0.4, 0.5) is 28.4 Å². The molecule has 0 spiro atoms. The molecule has 0 heterocycles. The summed E-state index contributed by atoms with van der Waals surface area (Å²) in [6.07, 6.45) is 9.69. The lowest BCUT2D eigenvalue weighted by atomic mass is 10.0. The van der Waals surface area contributed by atoms with E-state index in [2.05, 4.69) is 137 Å². The smallest absolute Gasteiger partial charge is 0.127 e. The molecular formula is C36H30N2O. The number of rotatable bonds is 8. The van der Waals surface area contributed by atoms with Gasteiger partial charge in [0, 0.05) is 28.4 Å².